The fourth-order valence-electron chi connectivity index (χ4n) is 1.20. The van der Waals surface area contributed by atoms with Crippen LogP contribution in [-0.2, 0) is 16.7 Å². The average Bonchev–Trinajstić information content (AvgIpc) is 2.63. The number of methoxy groups -OCH3 is 1. The Morgan fingerprint density at radius 2 is 2.12 bits per heavy atom. The summed E-state index contributed by atoms with van der Waals surface area (Å²) in [6.45, 7) is 9.46. The first-order chi connectivity index (χ1) is 7.43. The molecule has 0 amide bonds. The minimum Gasteiger partial charge on any atom is -0.383 e. The molecule has 1 atom stereocenters. The predicted octanol–water partition coefficient (Wildman–Crippen LogP) is 1.49. The normalized spacial score (nSPS) is 14.1. The van der Waals surface area contributed by atoms with Crippen molar-refractivity contribution in [2.45, 2.75) is 45.7 Å². The molecule has 1 heterocycles. The Balaban J connectivity index is 2.47. The van der Waals surface area contributed by atoms with Crippen molar-refractivity contribution in [2.24, 2.45) is 0 Å². The maximum Gasteiger partial charge on any atom is 0.232 e. The molecule has 0 aliphatic carbocycles. The van der Waals surface area contributed by atoms with Crippen molar-refractivity contribution < 1.29 is 9.26 Å². The number of nitrogens with one attached hydrogen (secondary N) is 1. The zero-order chi connectivity index (χ0) is 12.2. The van der Waals surface area contributed by atoms with Gasteiger partial charge >= 0.3 is 0 Å². The van der Waals surface area contributed by atoms with Gasteiger partial charge in [-0.05, 0) is 6.92 Å². The van der Waals surface area contributed by atoms with E-state index in [1.807, 2.05) is 27.7 Å². The third-order valence-electron chi connectivity index (χ3n) is 2.13. The zero-order valence-corrected chi connectivity index (χ0v) is 10.7. The molecule has 1 unspecified atom stereocenters. The number of rotatable bonds is 5. The lowest BCUT2D eigenvalue weighted by atomic mass is 9.97. The molecule has 0 aromatic carbocycles. The summed E-state index contributed by atoms with van der Waals surface area (Å²) in [5.41, 5.74) is -0.0939. The van der Waals surface area contributed by atoms with Crippen LogP contribution in [0.5, 0.6) is 0 Å². The largest absolute Gasteiger partial charge is 0.383 e. The number of nitrogens with zero attached hydrogens (tertiary/aromatic N) is 2. The molecule has 0 saturated heterocycles. The predicted molar refractivity (Wildman–Crippen MR) is 61.2 cm³/mol. The highest BCUT2D eigenvalue weighted by Gasteiger charge is 2.21. The molecule has 92 valence electrons. The minimum absolute atomic E-state index is 0.0939. The number of hydrogen-bond acceptors (Lipinski definition) is 5. The Morgan fingerprint density at radius 1 is 1.44 bits per heavy atom. The second-order valence-electron chi connectivity index (χ2n) is 5.00. The first-order valence-corrected chi connectivity index (χ1v) is 5.49. The molecule has 16 heavy (non-hydrogen) atoms. The molecule has 1 aromatic rings. The molecule has 0 saturated carbocycles. The van der Waals surface area contributed by atoms with Gasteiger partial charge in [-0.25, -0.2) is 0 Å². The van der Waals surface area contributed by atoms with Gasteiger partial charge in [-0.3, -0.25) is 0 Å². The van der Waals surface area contributed by atoms with Crippen molar-refractivity contribution in [3.8, 4) is 0 Å². The molecular weight excluding hydrogens is 206 g/mol. The van der Waals surface area contributed by atoms with E-state index in [-0.39, 0.29) is 11.5 Å². The topological polar surface area (TPSA) is 60.2 Å². The van der Waals surface area contributed by atoms with Crippen molar-refractivity contribution >= 4 is 0 Å². The molecule has 5 heteroatoms. The Labute approximate surface area is 96.6 Å². The van der Waals surface area contributed by atoms with Crippen LogP contribution < -0.4 is 5.32 Å². The quantitative estimate of drug-likeness (QED) is 0.825. The summed E-state index contributed by atoms with van der Waals surface area (Å²) in [5, 5.41) is 7.18. The molecule has 5 nitrogen and oxygen atoms in total. The molecule has 0 aliphatic heterocycles. The highest BCUT2D eigenvalue weighted by Crippen LogP contribution is 2.19. The van der Waals surface area contributed by atoms with Crippen molar-refractivity contribution in [2.75, 3.05) is 13.7 Å². The molecule has 0 spiro atoms. The Bertz CT molecular complexity index is 317. The number of ether oxygens (including phenoxy) is 1. The van der Waals surface area contributed by atoms with E-state index in [2.05, 4.69) is 15.5 Å². The lowest BCUT2D eigenvalue weighted by molar-refractivity contribution is 0.171. The standard InChI is InChI=1S/C11H21N3O2/c1-8(7-15-5)12-6-9-13-10(16-14-9)11(2,3)4/h8,12H,6-7H2,1-5H3. The van der Waals surface area contributed by atoms with Crippen LogP contribution in [-0.4, -0.2) is 29.9 Å². The smallest absolute Gasteiger partial charge is 0.232 e. The monoisotopic (exact) mass is 227 g/mol. The summed E-state index contributed by atoms with van der Waals surface area (Å²) in [7, 11) is 1.68. The van der Waals surface area contributed by atoms with Crippen molar-refractivity contribution in [3.63, 3.8) is 0 Å². The lowest BCUT2D eigenvalue weighted by Crippen LogP contribution is -2.30. The van der Waals surface area contributed by atoms with E-state index in [4.69, 9.17) is 9.26 Å². The second-order valence-corrected chi connectivity index (χ2v) is 5.00. The van der Waals surface area contributed by atoms with Crippen molar-refractivity contribution in [3.05, 3.63) is 11.7 Å². The van der Waals surface area contributed by atoms with Gasteiger partial charge in [0.25, 0.3) is 0 Å². The van der Waals surface area contributed by atoms with Gasteiger partial charge in [-0.15, -0.1) is 0 Å². The third kappa shape index (κ3) is 3.90. The van der Waals surface area contributed by atoms with E-state index in [1.54, 1.807) is 7.11 Å². The highest BCUT2D eigenvalue weighted by molar-refractivity contribution is 4.98. The van der Waals surface area contributed by atoms with Crippen molar-refractivity contribution in [1.29, 1.82) is 0 Å². The van der Waals surface area contributed by atoms with Gasteiger partial charge in [0, 0.05) is 18.6 Å². The molecular formula is C11H21N3O2. The Morgan fingerprint density at radius 3 is 2.62 bits per heavy atom. The van der Waals surface area contributed by atoms with Gasteiger partial charge < -0.3 is 14.6 Å². The van der Waals surface area contributed by atoms with Crippen LogP contribution >= 0.6 is 0 Å². The van der Waals surface area contributed by atoms with Crippen molar-refractivity contribution in [1.82, 2.24) is 15.5 Å². The van der Waals surface area contributed by atoms with Gasteiger partial charge in [0.2, 0.25) is 5.89 Å². The lowest BCUT2D eigenvalue weighted by Gasteiger charge is -2.11. The first-order valence-electron chi connectivity index (χ1n) is 5.49. The number of aromatic nitrogens is 2. The maximum atomic E-state index is 5.19. The molecule has 0 fully saturated rings. The molecule has 0 bridgehead atoms. The van der Waals surface area contributed by atoms with Gasteiger partial charge in [0.05, 0.1) is 13.2 Å². The molecule has 1 N–H and O–H groups in total. The van der Waals surface area contributed by atoms with Crippen LogP contribution in [0.2, 0.25) is 0 Å². The summed E-state index contributed by atoms with van der Waals surface area (Å²) in [4.78, 5) is 4.33. The number of hydrogen-bond donors (Lipinski definition) is 1. The van der Waals surface area contributed by atoms with E-state index < -0.39 is 0 Å². The van der Waals surface area contributed by atoms with Gasteiger partial charge in [-0.1, -0.05) is 25.9 Å². The minimum atomic E-state index is -0.0939. The third-order valence-corrected chi connectivity index (χ3v) is 2.13. The fourth-order valence-corrected chi connectivity index (χ4v) is 1.20. The summed E-state index contributed by atoms with van der Waals surface area (Å²) < 4.78 is 10.2. The van der Waals surface area contributed by atoms with Gasteiger partial charge in [0.15, 0.2) is 5.82 Å². The zero-order valence-electron chi connectivity index (χ0n) is 10.7. The van der Waals surface area contributed by atoms with Crippen LogP contribution in [0.15, 0.2) is 4.52 Å². The molecule has 1 rings (SSSR count). The van der Waals surface area contributed by atoms with E-state index >= 15 is 0 Å². The summed E-state index contributed by atoms with van der Waals surface area (Å²) >= 11 is 0. The molecule has 0 radical (unpaired) electrons. The van der Waals surface area contributed by atoms with E-state index in [0.717, 1.165) is 0 Å². The van der Waals surface area contributed by atoms with Gasteiger partial charge in [-0.2, -0.15) is 4.98 Å². The molecule has 1 aromatic heterocycles. The Hall–Kier alpha value is -0.940. The van der Waals surface area contributed by atoms with Crippen LogP contribution in [0.25, 0.3) is 0 Å². The van der Waals surface area contributed by atoms with Crippen LogP contribution in [0.1, 0.15) is 39.4 Å². The van der Waals surface area contributed by atoms with Crippen LogP contribution in [0.4, 0.5) is 0 Å². The van der Waals surface area contributed by atoms with E-state index in [0.29, 0.717) is 24.9 Å². The fraction of sp³-hybridized carbons (Fsp3) is 0.818. The highest BCUT2D eigenvalue weighted by atomic mass is 16.5. The summed E-state index contributed by atoms with van der Waals surface area (Å²) in [6, 6.07) is 0.279. The average molecular weight is 227 g/mol. The van der Waals surface area contributed by atoms with Crippen LogP contribution in [0, 0.1) is 0 Å². The van der Waals surface area contributed by atoms with E-state index in [1.165, 1.54) is 0 Å². The van der Waals surface area contributed by atoms with Crippen LogP contribution in [0.3, 0.4) is 0 Å². The first kappa shape index (κ1) is 13.1. The Kier molecular flexibility index (Phi) is 4.44. The van der Waals surface area contributed by atoms with E-state index in [9.17, 15) is 0 Å². The second kappa shape index (κ2) is 5.41. The van der Waals surface area contributed by atoms with Gasteiger partial charge in [0.1, 0.15) is 0 Å². The molecule has 0 aliphatic rings. The SMILES string of the molecule is COCC(C)NCc1noc(C(C)(C)C)n1. The maximum absolute atomic E-state index is 5.19. The summed E-state index contributed by atoms with van der Waals surface area (Å²) in [5.74, 6) is 1.36. The summed E-state index contributed by atoms with van der Waals surface area (Å²) in [6.07, 6.45) is 0.